The van der Waals surface area contributed by atoms with Gasteiger partial charge in [-0.2, -0.15) is 0 Å². The molecule has 14 heteroatoms. The number of carboxylic acids is 1. The van der Waals surface area contributed by atoms with Crippen LogP contribution in [-0.2, 0) is 38.2 Å². The maximum Gasteiger partial charge on any atom is 0.332 e. The number of carbonyl (C=O) groups is 5. The fourth-order valence-corrected chi connectivity index (χ4v) is 4.96. The Morgan fingerprint density at radius 3 is 1.09 bits per heavy atom. The second-order valence-corrected chi connectivity index (χ2v) is 15.3. The molecule has 1 rings (SSSR count). The summed E-state index contributed by atoms with van der Waals surface area (Å²) in [6.45, 7) is 20.4. The van der Waals surface area contributed by atoms with Crippen LogP contribution in [0.5, 0.6) is 0 Å². The summed E-state index contributed by atoms with van der Waals surface area (Å²) in [4.78, 5) is 71.3. The third-order valence-corrected chi connectivity index (χ3v) is 7.08. The van der Waals surface area contributed by atoms with Crippen LogP contribution < -0.4 is 5.73 Å². The number of nitrogens with zero attached hydrogens (tertiary/aromatic N) is 4. The molecule has 1 aliphatic heterocycles. The summed E-state index contributed by atoms with van der Waals surface area (Å²) in [5, 5.41) is 10.0. The van der Waals surface area contributed by atoms with Crippen molar-refractivity contribution in [3.63, 3.8) is 0 Å². The highest BCUT2D eigenvalue weighted by atomic mass is 16.6. The average molecular weight is 672 g/mol. The first-order chi connectivity index (χ1) is 21.4. The molecule has 47 heavy (non-hydrogen) atoms. The number of hydrogen-bond donors (Lipinski definition) is 2. The summed E-state index contributed by atoms with van der Waals surface area (Å²) in [6.07, 6.45) is 0.484. The Bertz CT molecular complexity index is 1020. The minimum absolute atomic E-state index is 0.0117. The largest absolute Gasteiger partial charge is 0.479 e. The summed E-state index contributed by atoms with van der Waals surface area (Å²) in [7, 11) is 0. The molecule has 14 nitrogen and oxygen atoms in total. The quantitative estimate of drug-likeness (QED) is 0.173. The number of nitrogens with two attached hydrogens (primary N) is 1. The summed E-state index contributed by atoms with van der Waals surface area (Å²) < 4.78 is 16.7. The minimum Gasteiger partial charge on any atom is -0.479 e. The van der Waals surface area contributed by atoms with Crippen LogP contribution in [0.2, 0.25) is 0 Å². The van der Waals surface area contributed by atoms with Crippen LogP contribution in [0.25, 0.3) is 0 Å². The van der Waals surface area contributed by atoms with Crippen LogP contribution in [0, 0.1) is 0 Å². The van der Waals surface area contributed by atoms with Gasteiger partial charge in [0.05, 0.1) is 19.6 Å². The van der Waals surface area contributed by atoms with Gasteiger partial charge in [0.2, 0.25) is 0 Å². The smallest absolute Gasteiger partial charge is 0.332 e. The van der Waals surface area contributed by atoms with Crippen LogP contribution in [0.15, 0.2) is 0 Å². The maximum atomic E-state index is 12.9. The van der Waals surface area contributed by atoms with Gasteiger partial charge in [0.25, 0.3) is 0 Å². The van der Waals surface area contributed by atoms with Gasteiger partial charge in [-0.25, -0.2) is 4.79 Å². The van der Waals surface area contributed by atoms with Gasteiger partial charge in [-0.05, 0) is 68.7 Å². The molecule has 1 unspecified atom stereocenters. The Kier molecular flexibility index (Phi) is 16.4. The standard InChI is InChI=1S/C33H61N5O9/c1-11-12-25(39)33(34,29(43)44)24-38-19-17-36(22-27(41)46-31(5,6)7)15-13-35(21-26(40)45-30(2,3)4)14-16-37(18-20-38)23-28(42)47-32(8,9)10/h11-24,34H2,1-10H3,(H,43,44). The van der Waals surface area contributed by atoms with E-state index in [2.05, 4.69) is 0 Å². The molecule has 0 bridgehead atoms. The van der Waals surface area contributed by atoms with Crippen molar-refractivity contribution in [2.75, 3.05) is 78.5 Å². The van der Waals surface area contributed by atoms with Crippen LogP contribution in [0.1, 0.15) is 82.1 Å². The Hall–Kier alpha value is -2.65. The van der Waals surface area contributed by atoms with Gasteiger partial charge >= 0.3 is 23.9 Å². The van der Waals surface area contributed by atoms with Gasteiger partial charge in [0.1, 0.15) is 16.8 Å². The summed E-state index contributed by atoms with van der Waals surface area (Å²) in [5.74, 6) is -3.20. The fourth-order valence-electron chi connectivity index (χ4n) is 4.96. The molecule has 1 fully saturated rings. The highest BCUT2D eigenvalue weighted by molar-refractivity contribution is 6.07. The summed E-state index contributed by atoms with van der Waals surface area (Å²) in [6, 6.07) is 0. The first kappa shape index (κ1) is 42.4. The molecule has 0 aliphatic carbocycles. The summed E-state index contributed by atoms with van der Waals surface area (Å²) in [5.41, 5.74) is 2.13. The number of carbonyl (C=O) groups excluding carboxylic acids is 4. The molecule has 1 saturated heterocycles. The van der Waals surface area contributed by atoms with E-state index in [0.717, 1.165) is 0 Å². The molecular formula is C33H61N5O9. The zero-order valence-electron chi connectivity index (χ0n) is 30.5. The predicted molar refractivity (Wildman–Crippen MR) is 178 cm³/mol. The molecule has 272 valence electrons. The Morgan fingerprint density at radius 2 is 0.851 bits per heavy atom. The molecule has 0 saturated carbocycles. The predicted octanol–water partition coefficient (Wildman–Crippen LogP) is 1.38. The number of Topliss-reactive ketones (excluding diaryl/α,β-unsaturated/α-hetero) is 1. The van der Waals surface area contributed by atoms with Crippen LogP contribution in [0.3, 0.4) is 0 Å². The van der Waals surface area contributed by atoms with Gasteiger partial charge in [-0.1, -0.05) is 6.92 Å². The third kappa shape index (κ3) is 17.9. The van der Waals surface area contributed by atoms with Crippen molar-refractivity contribution in [1.82, 2.24) is 19.6 Å². The summed E-state index contributed by atoms with van der Waals surface area (Å²) >= 11 is 0. The van der Waals surface area contributed by atoms with Crippen molar-refractivity contribution < 1.29 is 43.3 Å². The molecule has 0 aromatic rings. The lowest BCUT2D eigenvalue weighted by Crippen LogP contribution is -2.62. The average Bonchev–Trinajstić information content (AvgIpc) is 2.86. The molecule has 1 atom stereocenters. The SMILES string of the molecule is CCCC(=O)C(N)(CN1CCN(CC(=O)OC(C)(C)C)CCN(CC(=O)OC(C)(C)C)CCN(CC(=O)OC(C)(C)C)CC1)C(=O)O. The zero-order chi connectivity index (χ0) is 36.2. The molecule has 0 spiro atoms. The fraction of sp³-hybridized carbons (Fsp3) is 0.848. The molecule has 0 amide bonds. The van der Waals surface area contributed by atoms with Crippen LogP contribution >= 0.6 is 0 Å². The molecule has 3 N–H and O–H groups in total. The van der Waals surface area contributed by atoms with E-state index in [0.29, 0.717) is 45.7 Å². The van der Waals surface area contributed by atoms with E-state index in [1.54, 1.807) is 74.1 Å². The molecule has 1 heterocycles. The Morgan fingerprint density at radius 1 is 0.574 bits per heavy atom. The van der Waals surface area contributed by atoms with Gasteiger partial charge in [0.15, 0.2) is 11.3 Å². The van der Waals surface area contributed by atoms with Gasteiger partial charge in [-0.3, -0.25) is 38.8 Å². The molecular weight excluding hydrogens is 610 g/mol. The third-order valence-electron chi connectivity index (χ3n) is 7.08. The van der Waals surface area contributed by atoms with E-state index in [9.17, 15) is 29.1 Å². The normalized spacial score (nSPS) is 18.7. The van der Waals surface area contributed by atoms with E-state index in [4.69, 9.17) is 19.9 Å². The van der Waals surface area contributed by atoms with Crippen LogP contribution in [-0.4, -0.2) is 155 Å². The highest BCUT2D eigenvalue weighted by Crippen LogP contribution is 2.14. The van der Waals surface area contributed by atoms with Crippen molar-refractivity contribution >= 4 is 29.7 Å². The van der Waals surface area contributed by atoms with Gasteiger partial charge in [-0.15, -0.1) is 0 Å². The monoisotopic (exact) mass is 671 g/mol. The van der Waals surface area contributed by atoms with Crippen molar-refractivity contribution in [2.45, 2.75) is 104 Å². The maximum absolute atomic E-state index is 12.9. The van der Waals surface area contributed by atoms with Crippen molar-refractivity contribution in [3.8, 4) is 0 Å². The Balaban J connectivity index is 3.41. The van der Waals surface area contributed by atoms with E-state index in [-0.39, 0.29) is 45.7 Å². The zero-order valence-corrected chi connectivity index (χ0v) is 30.5. The molecule has 0 aromatic carbocycles. The van der Waals surface area contributed by atoms with Gasteiger partial charge in [0, 0.05) is 65.3 Å². The molecule has 1 aliphatic rings. The number of aliphatic carboxylic acids is 1. The Labute approximate surface area is 281 Å². The second-order valence-electron chi connectivity index (χ2n) is 15.3. The van der Waals surface area contributed by atoms with Crippen LogP contribution in [0.4, 0.5) is 0 Å². The van der Waals surface area contributed by atoms with E-state index < -0.39 is 52.0 Å². The van der Waals surface area contributed by atoms with E-state index >= 15 is 0 Å². The lowest BCUT2D eigenvalue weighted by molar-refractivity contribution is -0.158. The minimum atomic E-state index is -2.12. The molecule has 0 radical (unpaired) electrons. The second kappa shape index (κ2) is 18.2. The lowest BCUT2D eigenvalue weighted by Gasteiger charge is -2.36. The highest BCUT2D eigenvalue weighted by Gasteiger charge is 2.43. The van der Waals surface area contributed by atoms with E-state index in [1.165, 1.54) is 0 Å². The first-order valence-electron chi connectivity index (χ1n) is 16.5. The number of ether oxygens (including phenoxy) is 3. The lowest BCUT2D eigenvalue weighted by atomic mass is 9.91. The number of hydrogen-bond acceptors (Lipinski definition) is 13. The van der Waals surface area contributed by atoms with Crippen molar-refractivity contribution in [2.24, 2.45) is 5.73 Å². The number of carboxylic acid groups (broad SMARTS) is 1. The van der Waals surface area contributed by atoms with E-state index in [1.807, 2.05) is 14.7 Å². The van der Waals surface area contributed by atoms with Gasteiger partial charge < -0.3 is 25.1 Å². The number of esters is 3. The first-order valence-corrected chi connectivity index (χ1v) is 16.5. The number of rotatable bonds is 12. The number of ketones is 1. The topological polar surface area (TPSA) is 172 Å². The van der Waals surface area contributed by atoms with Crippen molar-refractivity contribution in [1.29, 1.82) is 0 Å². The van der Waals surface area contributed by atoms with Crippen molar-refractivity contribution in [3.05, 3.63) is 0 Å². The molecule has 0 aromatic heterocycles.